The number of nitro benzene ring substituents is 1. The number of nitrogens with zero attached hydrogens (tertiary/aromatic N) is 2. The lowest BCUT2D eigenvalue weighted by atomic mass is 10.1. The highest BCUT2D eigenvalue weighted by atomic mass is 16.6. The van der Waals surface area contributed by atoms with Crippen LogP contribution < -0.4 is 5.43 Å². The third-order valence-corrected chi connectivity index (χ3v) is 3.43. The summed E-state index contributed by atoms with van der Waals surface area (Å²) < 4.78 is 0. The summed E-state index contributed by atoms with van der Waals surface area (Å²) in [4.78, 5) is 21.7. The number of aliphatic hydroxyl groups excluding tert-OH is 1. The van der Waals surface area contributed by atoms with E-state index in [1.165, 1.54) is 18.3 Å². The van der Waals surface area contributed by atoms with E-state index >= 15 is 0 Å². The number of rotatable bonds is 7. The van der Waals surface area contributed by atoms with Crippen molar-refractivity contribution in [2.45, 2.75) is 18.9 Å². The fourth-order valence-corrected chi connectivity index (χ4v) is 2.11. The number of carbonyl (C=O) groups excluding carboxylic acids is 1. The molecule has 1 unspecified atom stereocenters. The van der Waals surface area contributed by atoms with Crippen LogP contribution in [0.4, 0.5) is 5.69 Å². The summed E-state index contributed by atoms with van der Waals surface area (Å²) in [6, 6.07) is 12.8. The van der Waals surface area contributed by atoms with Crippen LogP contribution in [0.1, 0.15) is 30.1 Å². The SMILES string of the molecule is O=C(CCC(O)c1ccccc1)NN=Cc1ccc(O)c([N+](=O)[O-])c1. The Bertz CT molecular complexity index is 777. The van der Waals surface area contributed by atoms with E-state index in [1.54, 1.807) is 24.3 Å². The summed E-state index contributed by atoms with van der Waals surface area (Å²) in [5, 5.41) is 33.8. The Balaban J connectivity index is 1.84. The maximum Gasteiger partial charge on any atom is 0.311 e. The smallest absolute Gasteiger partial charge is 0.311 e. The number of aliphatic hydroxyl groups is 1. The van der Waals surface area contributed by atoms with E-state index in [2.05, 4.69) is 10.5 Å². The summed E-state index contributed by atoms with van der Waals surface area (Å²) in [5.41, 5.74) is 2.93. The second-order valence-corrected chi connectivity index (χ2v) is 5.26. The van der Waals surface area contributed by atoms with Crippen LogP contribution in [-0.4, -0.2) is 27.3 Å². The summed E-state index contributed by atoms with van der Waals surface area (Å²) >= 11 is 0. The van der Waals surface area contributed by atoms with Crippen molar-refractivity contribution in [2.75, 3.05) is 0 Å². The minimum absolute atomic E-state index is 0.0725. The number of aromatic hydroxyl groups is 1. The Hall–Kier alpha value is -3.26. The van der Waals surface area contributed by atoms with Crippen LogP contribution in [0.3, 0.4) is 0 Å². The molecule has 0 aliphatic heterocycles. The number of hydrogen-bond donors (Lipinski definition) is 3. The number of benzene rings is 2. The first-order valence-corrected chi connectivity index (χ1v) is 7.49. The van der Waals surface area contributed by atoms with Gasteiger partial charge < -0.3 is 10.2 Å². The summed E-state index contributed by atoms with van der Waals surface area (Å²) in [6.07, 6.45) is 0.813. The largest absolute Gasteiger partial charge is 0.502 e. The quantitative estimate of drug-likeness (QED) is 0.404. The van der Waals surface area contributed by atoms with Crippen LogP contribution in [0.25, 0.3) is 0 Å². The number of amides is 1. The van der Waals surface area contributed by atoms with Crippen molar-refractivity contribution in [3.05, 3.63) is 69.8 Å². The molecule has 8 nitrogen and oxygen atoms in total. The first kappa shape index (κ1) is 18.1. The molecule has 2 aromatic carbocycles. The molecule has 0 saturated carbocycles. The topological polar surface area (TPSA) is 125 Å². The number of nitrogens with one attached hydrogen (secondary N) is 1. The fourth-order valence-electron chi connectivity index (χ4n) is 2.11. The molecule has 3 N–H and O–H groups in total. The van der Waals surface area contributed by atoms with Crippen LogP contribution in [-0.2, 0) is 4.79 Å². The van der Waals surface area contributed by atoms with Crippen LogP contribution in [0.5, 0.6) is 5.75 Å². The van der Waals surface area contributed by atoms with E-state index in [1.807, 2.05) is 6.07 Å². The van der Waals surface area contributed by atoms with Crippen LogP contribution in [0.15, 0.2) is 53.6 Å². The highest BCUT2D eigenvalue weighted by Gasteiger charge is 2.13. The summed E-state index contributed by atoms with van der Waals surface area (Å²) in [7, 11) is 0. The van der Waals surface area contributed by atoms with E-state index in [-0.39, 0.29) is 18.7 Å². The highest BCUT2D eigenvalue weighted by Crippen LogP contribution is 2.25. The molecule has 0 saturated heterocycles. The van der Waals surface area contributed by atoms with Gasteiger partial charge in [-0.2, -0.15) is 5.10 Å². The number of nitro groups is 1. The Morgan fingerprint density at radius 3 is 2.68 bits per heavy atom. The lowest BCUT2D eigenvalue weighted by Gasteiger charge is -2.09. The van der Waals surface area contributed by atoms with Crippen molar-refractivity contribution in [3.8, 4) is 5.75 Å². The first-order chi connectivity index (χ1) is 12.0. The van der Waals surface area contributed by atoms with Gasteiger partial charge in [0.05, 0.1) is 17.2 Å². The molecule has 1 amide bonds. The van der Waals surface area contributed by atoms with E-state index in [0.717, 1.165) is 11.6 Å². The van der Waals surface area contributed by atoms with Crippen LogP contribution in [0, 0.1) is 10.1 Å². The Kier molecular flexibility index (Phi) is 6.19. The van der Waals surface area contributed by atoms with Gasteiger partial charge in [-0.05, 0) is 24.1 Å². The normalized spacial score (nSPS) is 12.0. The van der Waals surface area contributed by atoms with E-state index in [9.17, 15) is 25.1 Å². The number of hydrazone groups is 1. The predicted molar refractivity (Wildman–Crippen MR) is 91.1 cm³/mol. The zero-order valence-corrected chi connectivity index (χ0v) is 13.2. The maximum absolute atomic E-state index is 11.7. The molecule has 2 aromatic rings. The molecule has 130 valence electrons. The van der Waals surface area contributed by atoms with Crippen molar-refractivity contribution in [1.29, 1.82) is 0 Å². The molecule has 0 aliphatic carbocycles. The van der Waals surface area contributed by atoms with Gasteiger partial charge in [0.15, 0.2) is 5.75 Å². The average molecular weight is 343 g/mol. The Labute approximate surface area is 143 Å². The van der Waals surface area contributed by atoms with E-state index in [0.29, 0.717) is 5.56 Å². The average Bonchev–Trinajstić information content (AvgIpc) is 2.61. The standard InChI is InChI=1S/C17H17N3O5/c21-15(13-4-2-1-3-5-13)8-9-17(23)19-18-11-12-6-7-16(22)14(10-12)20(24)25/h1-7,10-11,15,21-22H,8-9H2,(H,19,23). The fraction of sp³-hybridized carbons (Fsp3) is 0.176. The van der Waals surface area contributed by atoms with Gasteiger partial charge in [-0.3, -0.25) is 14.9 Å². The minimum atomic E-state index is -0.740. The second-order valence-electron chi connectivity index (χ2n) is 5.26. The van der Waals surface area contributed by atoms with Gasteiger partial charge in [-0.1, -0.05) is 30.3 Å². The summed E-state index contributed by atoms with van der Waals surface area (Å²) in [6.45, 7) is 0. The summed E-state index contributed by atoms with van der Waals surface area (Å²) in [5.74, 6) is -0.833. The minimum Gasteiger partial charge on any atom is -0.502 e. The van der Waals surface area contributed by atoms with Gasteiger partial charge in [0.1, 0.15) is 0 Å². The molecule has 1 atom stereocenters. The third kappa shape index (κ3) is 5.40. The molecule has 0 aliphatic rings. The van der Waals surface area contributed by atoms with Gasteiger partial charge in [-0.25, -0.2) is 5.43 Å². The van der Waals surface area contributed by atoms with Crippen molar-refractivity contribution >= 4 is 17.8 Å². The lowest BCUT2D eigenvalue weighted by molar-refractivity contribution is -0.385. The number of phenols is 1. The van der Waals surface area contributed by atoms with Gasteiger partial charge in [0, 0.05) is 18.1 Å². The van der Waals surface area contributed by atoms with Crippen molar-refractivity contribution < 1.29 is 19.9 Å². The predicted octanol–water partition coefficient (Wildman–Crippen LogP) is 2.26. The zero-order chi connectivity index (χ0) is 18.2. The molecule has 0 bridgehead atoms. The molecule has 0 spiro atoms. The maximum atomic E-state index is 11.7. The Morgan fingerprint density at radius 1 is 1.28 bits per heavy atom. The van der Waals surface area contributed by atoms with Crippen molar-refractivity contribution in [3.63, 3.8) is 0 Å². The highest BCUT2D eigenvalue weighted by molar-refractivity contribution is 5.83. The molecule has 8 heteroatoms. The lowest BCUT2D eigenvalue weighted by Crippen LogP contribution is -2.18. The molecule has 0 heterocycles. The molecular weight excluding hydrogens is 326 g/mol. The number of hydrogen-bond acceptors (Lipinski definition) is 6. The molecule has 2 rings (SSSR count). The zero-order valence-electron chi connectivity index (χ0n) is 13.2. The van der Waals surface area contributed by atoms with Crippen LogP contribution >= 0.6 is 0 Å². The molecule has 0 aromatic heterocycles. The van der Waals surface area contributed by atoms with E-state index < -0.39 is 22.5 Å². The van der Waals surface area contributed by atoms with Crippen LogP contribution in [0.2, 0.25) is 0 Å². The second kappa shape index (κ2) is 8.55. The van der Waals surface area contributed by atoms with Crippen molar-refractivity contribution in [1.82, 2.24) is 5.43 Å². The molecule has 0 radical (unpaired) electrons. The molecule has 25 heavy (non-hydrogen) atoms. The van der Waals surface area contributed by atoms with Gasteiger partial charge in [0.2, 0.25) is 5.91 Å². The van der Waals surface area contributed by atoms with Crippen molar-refractivity contribution in [2.24, 2.45) is 5.10 Å². The number of carbonyl (C=O) groups is 1. The third-order valence-electron chi connectivity index (χ3n) is 3.43. The van der Waals surface area contributed by atoms with Gasteiger partial charge in [-0.15, -0.1) is 0 Å². The Morgan fingerprint density at radius 2 is 2.00 bits per heavy atom. The first-order valence-electron chi connectivity index (χ1n) is 7.49. The monoisotopic (exact) mass is 343 g/mol. The molecule has 0 fully saturated rings. The van der Waals surface area contributed by atoms with E-state index in [4.69, 9.17) is 0 Å². The van der Waals surface area contributed by atoms with Gasteiger partial charge >= 0.3 is 5.69 Å². The molecular formula is C17H17N3O5. The number of phenolic OH excluding ortho intramolecular Hbond substituents is 1. The van der Waals surface area contributed by atoms with Gasteiger partial charge in [0.25, 0.3) is 0 Å².